The fourth-order valence-corrected chi connectivity index (χ4v) is 24.0. The topological polar surface area (TPSA) is 0 Å². The van der Waals surface area contributed by atoms with Crippen molar-refractivity contribution in [2.45, 2.75) is 40.0 Å². The maximum absolute atomic E-state index is 4.77. The van der Waals surface area contributed by atoms with Gasteiger partial charge in [-0.3, -0.25) is 0 Å². The van der Waals surface area contributed by atoms with Gasteiger partial charge in [-0.25, -0.2) is 0 Å². The van der Waals surface area contributed by atoms with Crippen LogP contribution in [0.4, 0.5) is 0 Å². The van der Waals surface area contributed by atoms with Gasteiger partial charge in [0.15, 0.2) is 0 Å². The van der Waals surface area contributed by atoms with E-state index in [4.69, 9.17) is 31.0 Å². The normalized spacial score (nSPS) is 13.4. The van der Waals surface area contributed by atoms with Crippen molar-refractivity contribution in [2.24, 2.45) is 0 Å². The van der Waals surface area contributed by atoms with Crippen LogP contribution in [-0.4, -0.2) is 0 Å². The van der Waals surface area contributed by atoms with E-state index in [-0.39, 0.29) is 0 Å². The third kappa shape index (κ3) is 5.79. The third-order valence-electron chi connectivity index (χ3n) is 11.6. The molecule has 0 radical (unpaired) electrons. The molecule has 52 heavy (non-hydrogen) atoms. The Kier molecular flexibility index (Phi) is 10.1. The molecule has 0 N–H and O–H groups in total. The second-order valence-corrected chi connectivity index (χ2v) is 32.0. The Labute approximate surface area is 326 Å². The molecule has 0 fully saturated rings. The van der Waals surface area contributed by atoms with Crippen molar-refractivity contribution in [1.29, 1.82) is 0 Å². The maximum atomic E-state index is 4.77. The summed E-state index contributed by atoms with van der Waals surface area (Å²) in [7, 11) is 0. The van der Waals surface area contributed by atoms with E-state index in [1.807, 2.05) is 0 Å². The predicted octanol–water partition coefficient (Wildman–Crippen LogP) is 11.6. The first kappa shape index (κ1) is 36.7. The van der Waals surface area contributed by atoms with Crippen LogP contribution in [0, 0.1) is 27.7 Å². The number of hydrogen-bond acceptors (Lipinski definition) is 0. The van der Waals surface area contributed by atoms with E-state index in [0.29, 0.717) is 0 Å². The minimum absolute atomic E-state index is 0.872. The molecule has 7 aromatic carbocycles. The Bertz CT molecular complexity index is 1910. The second-order valence-electron chi connectivity index (χ2n) is 14.2. The van der Waals surface area contributed by atoms with Gasteiger partial charge in [0.2, 0.25) is 0 Å². The molecule has 7 rings (SSSR count). The van der Waals surface area contributed by atoms with Gasteiger partial charge in [-0.2, -0.15) is 0 Å². The Morgan fingerprint density at radius 3 is 0.596 bits per heavy atom. The molecule has 262 valence electrons. The summed E-state index contributed by atoms with van der Waals surface area (Å²) < 4.78 is 0. The van der Waals surface area contributed by atoms with E-state index in [9.17, 15) is 0 Å². The summed E-state index contributed by atoms with van der Waals surface area (Å²) in [6.07, 6.45) is 1.74. The number of halogens is 2. The summed E-state index contributed by atoms with van der Waals surface area (Å²) >= 11 is 9.54. The van der Waals surface area contributed by atoms with Crippen molar-refractivity contribution in [3.63, 3.8) is 0 Å². The molecule has 0 saturated heterocycles. The third-order valence-corrected chi connectivity index (χ3v) is 30.6. The van der Waals surface area contributed by atoms with Crippen molar-refractivity contribution in [3.05, 3.63) is 215 Å². The first-order valence-electron chi connectivity index (χ1n) is 18.0. The average Bonchev–Trinajstić information content (AvgIpc) is 3.22. The molecule has 0 unspecified atom stereocenters. The number of rotatable bonds is 10. The quantitative estimate of drug-likeness (QED) is 0.120. The number of benzene rings is 7. The fourth-order valence-electron chi connectivity index (χ4n) is 8.41. The van der Waals surface area contributed by atoms with Gasteiger partial charge in [-0.05, 0) is 0 Å². The average molecular weight is 845 g/mol. The molecule has 0 spiro atoms. The van der Waals surface area contributed by atoms with Crippen LogP contribution in [0.25, 0.3) is 0 Å². The molecular weight excluding hydrogens is 798 g/mol. The SMILES string of the molecule is Cc1c(C)c(CP(Br)(c2ccccc2)(c2ccccc2)c2ccccc2)c(C)c(C)c1CP(Br)(c1ccccc1)(c1ccccc1)c1ccccc1. The van der Waals surface area contributed by atoms with Crippen molar-refractivity contribution in [3.8, 4) is 0 Å². The van der Waals surface area contributed by atoms with Crippen LogP contribution in [0.5, 0.6) is 0 Å². The van der Waals surface area contributed by atoms with E-state index in [1.54, 1.807) is 0 Å². The molecule has 0 heterocycles. The minimum atomic E-state index is -3.23. The van der Waals surface area contributed by atoms with Crippen molar-refractivity contribution in [1.82, 2.24) is 0 Å². The van der Waals surface area contributed by atoms with E-state index >= 15 is 0 Å². The van der Waals surface area contributed by atoms with Gasteiger partial charge in [0.1, 0.15) is 0 Å². The molecule has 0 aliphatic rings. The monoisotopic (exact) mass is 842 g/mol. The molecular formula is C48H46Br2P2. The Hall–Kier alpha value is -3.64. The summed E-state index contributed by atoms with van der Waals surface area (Å²) in [6, 6.07) is 67.1. The van der Waals surface area contributed by atoms with Gasteiger partial charge in [0, 0.05) is 0 Å². The van der Waals surface area contributed by atoms with Crippen LogP contribution in [0.15, 0.2) is 182 Å². The summed E-state index contributed by atoms with van der Waals surface area (Å²) in [5.41, 5.74) is 8.36. The molecule has 4 heteroatoms. The van der Waals surface area contributed by atoms with Crippen molar-refractivity contribution < 1.29 is 0 Å². The predicted molar refractivity (Wildman–Crippen MR) is 241 cm³/mol. The van der Waals surface area contributed by atoms with E-state index in [1.165, 1.54) is 65.2 Å². The Morgan fingerprint density at radius 1 is 0.288 bits per heavy atom. The van der Waals surface area contributed by atoms with Gasteiger partial charge in [0.25, 0.3) is 0 Å². The zero-order valence-corrected chi connectivity index (χ0v) is 35.3. The van der Waals surface area contributed by atoms with Crippen LogP contribution in [-0.2, 0) is 12.3 Å². The van der Waals surface area contributed by atoms with Gasteiger partial charge in [0.05, 0.1) is 0 Å². The Balaban J connectivity index is 1.51. The van der Waals surface area contributed by atoms with E-state index in [2.05, 4.69) is 210 Å². The van der Waals surface area contributed by atoms with Crippen LogP contribution in [0.2, 0.25) is 0 Å². The molecule has 0 atom stereocenters. The fraction of sp³-hybridized carbons (Fsp3) is 0.125. The molecule has 0 bridgehead atoms. The van der Waals surface area contributed by atoms with E-state index < -0.39 is 10.6 Å². The molecule has 0 nitrogen and oxygen atoms in total. The van der Waals surface area contributed by atoms with Crippen molar-refractivity contribution in [2.75, 3.05) is 0 Å². The first-order valence-corrected chi connectivity index (χ1v) is 26.9. The summed E-state index contributed by atoms with van der Waals surface area (Å²) in [5, 5.41) is 1.58. The van der Waals surface area contributed by atoms with Crippen LogP contribution in [0.1, 0.15) is 33.4 Å². The van der Waals surface area contributed by atoms with Crippen LogP contribution >= 0.6 is 41.6 Å². The van der Waals surface area contributed by atoms with Gasteiger partial charge in [-0.1, -0.05) is 0 Å². The molecule has 0 aliphatic heterocycles. The first-order chi connectivity index (χ1) is 25.1. The van der Waals surface area contributed by atoms with Crippen molar-refractivity contribution >= 4 is 73.4 Å². The van der Waals surface area contributed by atoms with Gasteiger partial charge >= 0.3 is 329 Å². The summed E-state index contributed by atoms with van der Waals surface area (Å²) in [5.74, 6) is 0. The van der Waals surface area contributed by atoms with Crippen LogP contribution in [0.3, 0.4) is 0 Å². The summed E-state index contributed by atoms with van der Waals surface area (Å²) in [4.78, 5) is 0. The zero-order valence-electron chi connectivity index (χ0n) is 30.4. The Morgan fingerprint density at radius 2 is 0.442 bits per heavy atom. The van der Waals surface area contributed by atoms with Crippen LogP contribution < -0.4 is 31.8 Å². The molecule has 7 aromatic rings. The van der Waals surface area contributed by atoms with Gasteiger partial charge in [-0.15, -0.1) is 0 Å². The molecule has 0 aromatic heterocycles. The second kappa shape index (κ2) is 14.3. The standard InChI is InChI=1S/C48H46Br2P2/c1-37-38(2)48(36-52(50,44-29-17-8-18-30-44,45-31-19-9-20-32-45)46-33-21-10-22-34-46)40(4)39(3)47(37)35-51(49,41-23-11-5-12-24-41,42-25-13-6-14-26-42)43-27-15-7-16-28-43/h5-34H,35-36H2,1-4H3. The molecule has 0 aliphatic carbocycles. The van der Waals surface area contributed by atoms with E-state index in [0.717, 1.165) is 12.3 Å². The molecule has 0 amide bonds. The molecule has 0 saturated carbocycles. The zero-order chi connectivity index (χ0) is 36.5. The number of hydrogen-bond donors (Lipinski definition) is 0. The van der Waals surface area contributed by atoms with Gasteiger partial charge < -0.3 is 0 Å². The summed E-state index contributed by atoms with van der Waals surface area (Å²) in [6.45, 7) is 9.47.